The summed E-state index contributed by atoms with van der Waals surface area (Å²) in [7, 11) is 0. The Kier molecular flexibility index (Phi) is 7.29. The van der Waals surface area contributed by atoms with E-state index in [1.165, 1.54) is 0 Å². The molecule has 3 rings (SSSR count). The lowest BCUT2D eigenvalue weighted by molar-refractivity contribution is -0.137. The average molecular weight is 381 g/mol. The molecule has 0 radical (unpaired) electrons. The fourth-order valence-corrected chi connectivity index (χ4v) is 3.67. The van der Waals surface area contributed by atoms with Crippen LogP contribution >= 0.6 is 12.4 Å². The molecule has 0 aliphatic carbocycles. The Morgan fingerprint density at radius 2 is 1.85 bits per heavy atom. The number of carbonyl (C=O) groups is 2. The van der Waals surface area contributed by atoms with Crippen molar-refractivity contribution >= 4 is 30.0 Å². The number of halogens is 1. The van der Waals surface area contributed by atoms with E-state index in [4.69, 9.17) is 5.73 Å². The minimum absolute atomic E-state index is 0. The summed E-state index contributed by atoms with van der Waals surface area (Å²) in [6, 6.07) is 7.84. The SMILES string of the molecule is Cc1cccc(NC(=O)N2CCCC(C(=O)N3CCC(N)CC3)C2)c1.Cl. The van der Waals surface area contributed by atoms with Gasteiger partial charge in [0.05, 0.1) is 5.92 Å². The summed E-state index contributed by atoms with van der Waals surface area (Å²) in [4.78, 5) is 29.0. The zero-order chi connectivity index (χ0) is 17.8. The molecular weight excluding hydrogens is 352 g/mol. The van der Waals surface area contributed by atoms with Crippen molar-refractivity contribution in [3.63, 3.8) is 0 Å². The van der Waals surface area contributed by atoms with Crippen molar-refractivity contribution in [1.82, 2.24) is 9.80 Å². The molecule has 1 atom stereocenters. The highest BCUT2D eigenvalue weighted by Crippen LogP contribution is 2.22. The van der Waals surface area contributed by atoms with E-state index in [1.54, 1.807) is 4.90 Å². The topological polar surface area (TPSA) is 78.7 Å². The third-order valence-corrected chi connectivity index (χ3v) is 5.18. The molecule has 0 saturated carbocycles. The smallest absolute Gasteiger partial charge is 0.321 e. The van der Waals surface area contributed by atoms with Gasteiger partial charge < -0.3 is 20.9 Å². The van der Waals surface area contributed by atoms with E-state index < -0.39 is 0 Å². The van der Waals surface area contributed by atoms with E-state index in [2.05, 4.69) is 5.32 Å². The first-order chi connectivity index (χ1) is 12.0. The number of urea groups is 1. The van der Waals surface area contributed by atoms with Crippen LogP contribution in [0.15, 0.2) is 24.3 Å². The van der Waals surface area contributed by atoms with Crippen LogP contribution in [0.4, 0.5) is 10.5 Å². The van der Waals surface area contributed by atoms with Crippen molar-refractivity contribution in [2.75, 3.05) is 31.5 Å². The number of anilines is 1. The van der Waals surface area contributed by atoms with Crippen molar-refractivity contribution in [3.8, 4) is 0 Å². The van der Waals surface area contributed by atoms with Crippen molar-refractivity contribution in [3.05, 3.63) is 29.8 Å². The lowest BCUT2D eigenvalue weighted by atomic mass is 9.95. The van der Waals surface area contributed by atoms with Gasteiger partial charge >= 0.3 is 6.03 Å². The molecule has 0 spiro atoms. The largest absolute Gasteiger partial charge is 0.342 e. The molecule has 26 heavy (non-hydrogen) atoms. The van der Waals surface area contributed by atoms with Crippen LogP contribution in [0.5, 0.6) is 0 Å². The van der Waals surface area contributed by atoms with Crippen LogP contribution in [0.2, 0.25) is 0 Å². The number of amides is 3. The Bertz CT molecular complexity index is 632. The number of rotatable bonds is 2. The van der Waals surface area contributed by atoms with E-state index in [0.29, 0.717) is 13.1 Å². The fourth-order valence-electron chi connectivity index (χ4n) is 3.67. The number of nitrogens with one attached hydrogen (secondary N) is 1. The number of carbonyl (C=O) groups excluding carboxylic acids is 2. The number of likely N-dealkylation sites (tertiary alicyclic amines) is 2. The number of nitrogens with two attached hydrogens (primary N) is 1. The first-order valence-electron chi connectivity index (χ1n) is 9.20. The number of hydrogen-bond donors (Lipinski definition) is 2. The Hall–Kier alpha value is -1.79. The van der Waals surface area contributed by atoms with Gasteiger partial charge in [0.25, 0.3) is 0 Å². The van der Waals surface area contributed by atoms with Crippen LogP contribution in [0.25, 0.3) is 0 Å². The monoisotopic (exact) mass is 380 g/mol. The standard InChI is InChI=1S/C19H28N4O2.ClH/c1-14-4-2-6-17(12-14)21-19(25)23-9-3-5-15(13-23)18(24)22-10-7-16(20)8-11-22;/h2,4,6,12,15-16H,3,5,7-11,13,20H2,1H3,(H,21,25);1H. The van der Waals surface area contributed by atoms with Crippen molar-refractivity contribution in [1.29, 1.82) is 0 Å². The Morgan fingerprint density at radius 1 is 1.12 bits per heavy atom. The van der Waals surface area contributed by atoms with Crippen molar-refractivity contribution in [2.45, 2.75) is 38.6 Å². The zero-order valence-corrected chi connectivity index (χ0v) is 16.1. The molecule has 1 aromatic rings. The molecule has 2 saturated heterocycles. The minimum Gasteiger partial charge on any atom is -0.342 e. The molecule has 2 fully saturated rings. The lowest BCUT2D eigenvalue weighted by Crippen LogP contribution is -2.50. The molecule has 0 aromatic heterocycles. The number of benzene rings is 1. The average Bonchev–Trinajstić information content (AvgIpc) is 2.62. The summed E-state index contributed by atoms with van der Waals surface area (Å²) in [5.41, 5.74) is 7.82. The Balaban J connectivity index is 0.00000243. The number of aryl methyl sites for hydroxylation is 1. The van der Waals surface area contributed by atoms with Crippen LogP contribution in [-0.4, -0.2) is 54.0 Å². The van der Waals surface area contributed by atoms with Gasteiger partial charge in [0.2, 0.25) is 5.91 Å². The fraction of sp³-hybridized carbons (Fsp3) is 0.579. The number of hydrogen-bond acceptors (Lipinski definition) is 3. The Morgan fingerprint density at radius 3 is 2.54 bits per heavy atom. The van der Waals surface area contributed by atoms with Crippen LogP contribution in [-0.2, 0) is 4.79 Å². The predicted molar refractivity (Wildman–Crippen MR) is 106 cm³/mol. The molecule has 144 valence electrons. The van der Waals surface area contributed by atoms with E-state index in [1.807, 2.05) is 36.1 Å². The van der Waals surface area contributed by atoms with E-state index in [0.717, 1.165) is 50.0 Å². The van der Waals surface area contributed by atoms with Gasteiger partial charge in [-0.15, -0.1) is 12.4 Å². The summed E-state index contributed by atoms with van der Waals surface area (Å²) >= 11 is 0. The maximum Gasteiger partial charge on any atom is 0.321 e. The van der Waals surface area contributed by atoms with Crippen LogP contribution in [0, 0.1) is 12.8 Å². The second-order valence-corrected chi connectivity index (χ2v) is 7.25. The van der Waals surface area contributed by atoms with E-state index >= 15 is 0 Å². The molecule has 0 bridgehead atoms. The van der Waals surface area contributed by atoms with Crippen molar-refractivity contribution in [2.24, 2.45) is 11.7 Å². The highest BCUT2D eigenvalue weighted by molar-refractivity contribution is 5.90. The zero-order valence-electron chi connectivity index (χ0n) is 15.3. The molecule has 2 aliphatic rings. The second kappa shape index (κ2) is 9.24. The molecule has 7 heteroatoms. The minimum atomic E-state index is -0.122. The third-order valence-electron chi connectivity index (χ3n) is 5.18. The van der Waals surface area contributed by atoms with Gasteiger partial charge in [0.1, 0.15) is 0 Å². The molecule has 1 unspecified atom stereocenters. The van der Waals surface area contributed by atoms with Crippen LogP contribution in [0.1, 0.15) is 31.2 Å². The normalized spacial score (nSPS) is 21.1. The first kappa shape index (κ1) is 20.5. The van der Waals surface area contributed by atoms with Gasteiger partial charge in [-0.2, -0.15) is 0 Å². The van der Waals surface area contributed by atoms with Crippen LogP contribution in [0.3, 0.4) is 0 Å². The molecule has 2 aliphatic heterocycles. The Labute approximate surface area is 161 Å². The number of piperidine rings is 2. The highest BCUT2D eigenvalue weighted by atomic mass is 35.5. The second-order valence-electron chi connectivity index (χ2n) is 7.25. The van der Waals surface area contributed by atoms with Gasteiger partial charge in [-0.1, -0.05) is 12.1 Å². The quantitative estimate of drug-likeness (QED) is 0.827. The van der Waals surface area contributed by atoms with E-state index in [-0.39, 0.29) is 36.3 Å². The molecular formula is C19H29ClN4O2. The summed E-state index contributed by atoms with van der Waals surface area (Å²) in [5, 5.41) is 2.94. The summed E-state index contributed by atoms with van der Waals surface area (Å²) in [6.45, 7) is 4.68. The van der Waals surface area contributed by atoms with Gasteiger partial charge in [0.15, 0.2) is 0 Å². The van der Waals surface area contributed by atoms with Crippen LogP contribution < -0.4 is 11.1 Å². The first-order valence-corrected chi connectivity index (χ1v) is 9.20. The van der Waals surface area contributed by atoms with Gasteiger partial charge in [0, 0.05) is 37.9 Å². The lowest BCUT2D eigenvalue weighted by Gasteiger charge is -2.37. The summed E-state index contributed by atoms with van der Waals surface area (Å²) in [5.74, 6) is 0.0892. The van der Waals surface area contributed by atoms with E-state index in [9.17, 15) is 9.59 Å². The van der Waals surface area contributed by atoms with Crippen molar-refractivity contribution < 1.29 is 9.59 Å². The molecule has 1 aromatic carbocycles. The summed E-state index contributed by atoms with van der Waals surface area (Å²) < 4.78 is 0. The molecule has 2 heterocycles. The maximum atomic E-state index is 12.8. The van der Waals surface area contributed by atoms with Gasteiger partial charge in [-0.05, 0) is 50.3 Å². The molecule has 3 amide bonds. The highest BCUT2D eigenvalue weighted by Gasteiger charge is 2.32. The predicted octanol–water partition coefficient (Wildman–Crippen LogP) is 2.61. The van der Waals surface area contributed by atoms with Gasteiger partial charge in [-0.3, -0.25) is 4.79 Å². The molecule has 6 nitrogen and oxygen atoms in total. The third kappa shape index (κ3) is 5.11. The maximum absolute atomic E-state index is 12.8. The summed E-state index contributed by atoms with van der Waals surface area (Å²) in [6.07, 6.45) is 3.46. The number of nitrogens with zero attached hydrogens (tertiary/aromatic N) is 2. The molecule has 3 N–H and O–H groups in total. The van der Waals surface area contributed by atoms with Gasteiger partial charge in [-0.25, -0.2) is 4.79 Å².